The van der Waals surface area contributed by atoms with Gasteiger partial charge in [-0.3, -0.25) is 14.3 Å². The lowest BCUT2D eigenvalue weighted by atomic mass is 10.1. The van der Waals surface area contributed by atoms with Crippen LogP contribution in [0.25, 0.3) is 0 Å². The van der Waals surface area contributed by atoms with Crippen LogP contribution >= 0.6 is 0 Å². The quantitative estimate of drug-likeness (QED) is 0.443. The van der Waals surface area contributed by atoms with Gasteiger partial charge in [-0.2, -0.15) is 0 Å². The van der Waals surface area contributed by atoms with Crippen molar-refractivity contribution < 1.29 is 14.9 Å². The van der Waals surface area contributed by atoms with E-state index in [1.807, 2.05) is 0 Å². The second-order valence-electron chi connectivity index (χ2n) is 4.33. The highest BCUT2D eigenvalue weighted by Crippen LogP contribution is 2.28. The smallest absolute Gasteiger partial charge is 0.330 e. The molecule has 1 unspecified atom stereocenters. The van der Waals surface area contributed by atoms with E-state index in [2.05, 4.69) is 4.98 Å². The van der Waals surface area contributed by atoms with E-state index >= 15 is 0 Å². The lowest BCUT2D eigenvalue weighted by Gasteiger charge is -2.18. The van der Waals surface area contributed by atoms with E-state index in [4.69, 9.17) is 10.5 Å². The van der Waals surface area contributed by atoms with Crippen molar-refractivity contribution in [2.45, 2.75) is 38.0 Å². The lowest BCUT2D eigenvalue weighted by Crippen LogP contribution is -2.40. The van der Waals surface area contributed by atoms with Gasteiger partial charge in [0, 0.05) is 18.2 Å². The highest BCUT2D eigenvalue weighted by Gasteiger charge is 2.38. The van der Waals surface area contributed by atoms with E-state index in [0.29, 0.717) is 5.56 Å². The number of aromatic nitrogens is 2. The van der Waals surface area contributed by atoms with Crippen LogP contribution in [0.4, 0.5) is 0 Å². The minimum Gasteiger partial charge on any atom is -0.390 e. The molecule has 2 rings (SSSR count). The number of aryl methyl sites for hydroxylation is 1. The molecule has 4 atom stereocenters. The molecule has 5 N–H and O–H groups in total. The minimum absolute atomic E-state index is 0.115. The molecule has 0 spiro atoms. The van der Waals surface area contributed by atoms with Crippen molar-refractivity contribution in [3.63, 3.8) is 0 Å². The predicted molar refractivity (Wildman–Crippen MR) is 60.8 cm³/mol. The summed E-state index contributed by atoms with van der Waals surface area (Å²) in [4.78, 5) is 25.0. The third kappa shape index (κ3) is 2.23. The van der Waals surface area contributed by atoms with Crippen LogP contribution < -0.4 is 17.0 Å². The SMILES string of the molecule is Cc1cn([C@H]2C[C@H](O)[C@@H](C(N)O)O2)c(=O)[nH]c1=O. The number of H-pyrrole nitrogens is 1. The van der Waals surface area contributed by atoms with Crippen molar-refractivity contribution in [1.29, 1.82) is 0 Å². The van der Waals surface area contributed by atoms with E-state index in [1.54, 1.807) is 6.92 Å². The molecule has 1 saturated heterocycles. The van der Waals surface area contributed by atoms with E-state index < -0.39 is 35.9 Å². The number of nitrogens with one attached hydrogen (secondary N) is 1. The number of hydrogen-bond donors (Lipinski definition) is 4. The predicted octanol–water partition coefficient (Wildman–Crippen LogP) is -2.23. The second kappa shape index (κ2) is 4.65. The highest BCUT2D eigenvalue weighted by molar-refractivity contribution is 5.02. The Hall–Kier alpha value is -1.48. The summed E-state index contributed by atoms with van der Waals surface area (Å²) in [5.74, 6) is 0. The zero-order valence-electron chi connectivity index (χ0n) is 9.74. The van der Waals surface area contributed by atoms with Crippen LogP contribution in [0.5, 0.6) is 0 Å². The third-order valence-electron chi connectivity index (χ3n) is 2.93. The number of nitrogens with zero attached hydrogens (tertiary/aromatic N) is 1. The zero-order valence-corrected chi connectivity index (χ0v) is 9.74. The molecule has 2 heterocycles. The first kappa shape index (κ1) is 13.0. The van der Waals surface area contributed by atoms with E-state index in [0.717, 1.165) is 0 Å². The van der Waals surface area contributed by atoms with Crippen LogP contribution in [0, 0.1) is 6.92 Å². The Bertz CT molecular complexity index is 549. The zero-order chi connectivity index (χ0) is 13.4. The number of nitrogens with two attached hydrogens (primary N) is 1. The van der Waals surface area contributed by atoms with Gasteiger partial charge in [0.25, 0.3) is 5.56 Å². The standard InChI is InChI=1S/C10H15N3O5/c1-4-3-13(10(17)12-9(4)16)6-2-5(14)7(18-6)8(11)15/h3,5-8,14-15H,2,11H2,1H3,(H,12,16,17)/t5-,6+,7-,8?/m0/s1. The number of aromatic amines is 1. The van der Waals surface area contributed by atoms with Crippen molar-refractivity contribution in [3.8, 4) is 0 Å². The van der Waals surface area contributed by atoms with Crippen LogP contribution in [0.3, 0.4) is 0 Å². The molecular weight excluding hydrogens is 242 g/mol. The monoisotopic (exact) mass is 257 g/mol. The average molecular weight is 257 g/mol. The Morgan fingerprint density at radius 2 is 2.28 bits per heavy atom. The Morgan fingerprint density at radius 1 is 1.61 bits per heavy atom. The average Bonchev–Trinajstić information content (AvgIpc) is 2.65. The molecule has 1 aliphatic heterocycles. The van der Waals surface area contributed by atoms with Gasteiger partial charge in [-0.05, 0) is 6.92 Å². The molecule has 8 heteroatoms. The number of hydrogen-bond acceptors (Lipinski definition) is 6. The van der Waals surface area contributed by atoms with Gasteiger partial charge in [0.15, 0.2) is 0 Å². The van der Waals surface area contributed by atoms with Gasteiger partial charge >= 0.3 is 5.69 Å². The number of aliphatic hydroxyl groups excluding tert-OH is 2. The fourth-order valence-corrected chi connectivity index (χ4v) is 1.96. The maximum Gasteiger partial charge on any atom is 0.330 e. The fourth-order valence-electron chi connectivity index (χ4n) is 1.96. The van der Waals surface area contributed by atoms with Gasteiger partial charge < -0.3 is 20.7 Å². The van der Waals surface area contributed by atoms with Crippen molar-refractivity contribution in [2.75, 3.05) is 0 Å². The Kier molecular flexibility index (Phi) is 3.35. The maximum atomic E-state index is 11.6. The summed E-state index contributed by atoms with van der Waals surface area (Å²) in [6, 6.07) is 0. The molecule has 0 radical (unpaired) electrons. The first-order chi connectivity index (χ1) is 8.40. The molecule has 0 amide bonds. The largest absolute Gasteiger partial charge is 0.390 e. The Balaban J connectivity index is 2.32. The van der Waals surface area contributed by atoms with Crippen LogP contribution in [-0.4, -0.2) is 38.2 Å². The minimum atomic E-state index is -1.33. The normalized spacial score (nSPS) is 29.4. The van der Waals surface area contributed by atoms with Gasteiger partial charge in [-0.1, -0.05) is 0 Å². The molecule has 1 aromatic rings. The first-order valence-corrected chi connectivity index (χ1v) is 5.49. The van der Waals surface area contributed by atoms with Gasteiger partial charge in [0.2, 0.25) is 0 Å². The molecule has 1 aromatic heterocycles. The van der Waals surface area contributed by atoms with Crippen LogP contribution in [-0.2, 0) is 4.74 Å². The summed E-state index contributed by atoms with van der Waals surface area (Å²) in [7, 11) is 0. The molecule has 1 aliphatic rings. The topological polar surface area (TPSA) is 131 Å². The van der Waals surface area contributed by atoms with E-state index in [-0.39, 0.29) is 6.42 Å². The third-order valence-corrected chi connectivity index (χ3v) is 2.93. The molecule has 18 heavy (non-hydrogen) atoms. The summed E-state index contributed by atoms with van der Waals surface area (Å²) in [5, 5.41) is 18.9. The second-order valence-corrected chi connectivity index (χ2v) is 4.33. The van der Waals surface area contributed by atoms with Crippen LogP contribution in [0.2, 0.25) is 0 Å². The van der Waals surface area contributed by atoms with E-state index in [1.165, 1.54) is 10.8 Å². The summed E-state index contributed by atoms with van der Waals surface area (Å²) >= 11 is 0. The molecule has 100 valence electrons. The molecule has 1 fully saturated rings. The van der Waals surface area contributed by atoms with Crippen molar-refractivity contribution in [2.24, 2.45) is 5.73 Å². The summed E-state index contributed by atoms with van der Waals surface area (Å²) in [6.45, 7) is 1.55. The number of ether oxygens (including phenoxy) is 1. The number of aliphatic hydroxyl groups is 2. The summed E-state index contributed by atoms with van der Waals surface area (Å²) < 4.78 is 6.48. The lowest BCUT2D eigenvalue weighted by molar-refractivity contribution is -0.0810. The van der Waals surface area contributed by atoms with Crippen LogP contribution in [0.1, 0.15) is 18.2 Å². The van der Waals surface area contributed by atoms with Gasteiger partial charge in [0.1, 0.15) is 18.6 Å². The number of rotatable bonds is 2. The summed E-state index contributed by atoms with van der Waals surface area (Å²) in [6.07, 6.45) is -2.53. The van der Waals surface area contributed by atoms with Crippen molar-refractivity contribution >= 4 is 0 Å². The van der Waals surface area contributed by atoms with Crippen LogP contribution in [0.15, 0.2) is 15.8 Å². The van der Waals surface area contributed by atoms with Gasteiger partial charge in [-0.25, -0.2) is 4.79 Å². The van der Waals surface area contributed by atoms with Crippen molar-refractivity contribution in [1.82, 2.24) is 9.55 Å². The van der Waals surface area contributed by atoms with Gasteiger partial charge in [-0.15, -0.1) is 0 Å². The molecule has 0 aromatic carbocycles. The molecule has 0 bridgehead atoms. The van der Waals surface area contributed by atoms with E-state index in [9.17, 15) is 19.8 Å². The van der Waals surface area contributed by atoms with Gasteiger partial charge in [0.05, 0.1) is 6.10 Å². The Labute approximate surface area is 102 Å². The highest BCUT2D eigenvalue weighted by atomic mass is 16.5. The molecule has 8 nitrogen and oxygen atoms in total. The molecule has 0 aliphatic carbocycles. The van der Waals surface area contributed by atoms with Crippen molar-refractivity contribution in [3.05, 3.63) is 32.6 Å². The summed E-state index contributed by atoms with van der Waals surface area (Å²) in [5.41, 5.74) is 4.50. The maximum absolute atomic E-state index is 11.6. The first-order valence-electron chi connectivity index (χ1n) is 5.49. The molecule has 0 saturated carbocycles. The fraction of sp³-hybridized carbons (Fsp3) is 0.600. The molecular formula is C10H15N3O5. The Morgan fingerprint density at radius 3 is 2.83 bits per heavy atom.